The van der Waals surface area contributed by atoms with Crippen molar-refractivity contribution in [1.82, 2.24) is 14.9 Å². The Bertz CT molecular complexity index is 1660. The molecule has 10 nitrogen and oxygen atoms in total. The monoisotopic (exact) mass is 670 g/mol. The molecule has 2 aromatic rings. The summed E-state index contributed by atoms with van der Waals surface area (Å²) in [7, 11) is -0.790. The Balaban J connectivity index is 1.44. The van der Waals surface area contributed by atoms with Gasteiger partial charge in [0, 0.05) is 37.6 Å². The quantitative estimate of drug-likeness (QED) is 0.425. The van der Waals surface area contributed by atoms with Gasteiger partial charge >= 0.3 is 6.03 Å². The topological polar surface area (TPSA) is 117 Å². The predicted molar refractivity (Wildman–Crippen MR) is 177 cm³/mol. The van der Waals surface area contributed by atoms with Crippen LogP contribution in [0.2, 0.25) is 5.02 Å². The number of anilines is 1. The molecule has 4 atom stereocenters. The normalized spacial score (nSPS) is 29.1. The highest BCUT2D eigenvalue weighted by atomic mass is 35.5. The van der Waals surface area contributed by atoms with E-state index in [0.29, 0.717) is 36.2 Å². The van der Waals surface area contributed by atoms with Crippen molar-refractivity contribution in [2.45, 2.75) is 67.9 Å². The zero-order valence-electron chi connectivity index (χ0n) is 26.8. The number of urea groups is 1. The number of nitrogens with one attached hydrogen (secondary N) is 2. The molecule has 2 aliphatic carbocycles. The number of nitrogens with zero attached hydrogens (tertiary/aromatic N) is 2. The van der Waals surface area contributed by atoms with E-state index >= 15 is 0 Å². The minimum atomic E-state index is -4.22. The maximum Gasteiger partial charge on any atom is 0.317 e. The van der Waals surface area contributed by atoms with Crippen LogP contribution in [-0.2, 0) is 31.4 Å². The number of fused-ring (bicyclic) bond motifs is 4. The van der Waals surface area contributed by atoms with Crippen molar-refractivity contribution in [3.8, 4) is 5.75 Å². The number of aryl methyl sites for hydroxylation is 1. The first kappa shape index (κ1) is 32.7. The Morgan fingerprint density at radius 1 is 1.15 bits per heavy atom. The Labute approximate surface area is 276 Å². The number of benzene rings is 2. The molecule has 0 saturated heterocycles. The van der Waals surface area contributed by atoms with Crippen LogP contribution < -0.4 is 19.7 Å². The third kappa shape index (κ3) is 6.33. The molecular weight excluding hydrogens is 628 g/mol. The fourth-order valence-corrected chi connectivity index (χ4v) is 8.55. The highest BCUT2D eigenvalue weighted by molar-refractivity contribution is 7.90. The van der Waals surface area contributed by atoms with Gasteiger partial charge < -0.3 is 24.6 Å². The van der Waals surface area contributed by atoms with E-state index in [1.165, 1.54) is 35.9 Å². The highest BCUT2D eigenvalue weighted by Crippen LogP contribution is 2.47. The van der Waals surface area contributed by atoms with Crippen LogP contribution in [0, 0.1) is 11.8 Å². The number of amides is 3. The molecule has 4 aliphatic rings. The fourth-order valence-electron chi connectivity index (χ4n) is 7.24. The van der Waals surface area contributed by atoms with Gasteiger partial charge in [-0.05, 0) is 99.2 Å². The molecule has 2 bridgehead atoms. The number of hydrogen-bond acceptors (Lipinski definition) is 7. The predicted octanol–water partition coefficient (Wildman–Crippen LogP) is 4.65. The molecule has 248 valence electrons. The van der Waals surface area contributed by atoms with Gasteiger partial charge in [0.05, 0.1) is 29.8 Å². The lowest BCUT2D eigenvalue weighted by molar-refractivity contribution is -0.139. The number of halogens is 1. The standard InChI is InChI=1S/C34H43ClN4O6S/c1-33(2)31(40)37-46(42,43)25-11-14-30-29(18-25)39(20-34(21-44-30)15-5-7-22-17-24(35)10-13-27(22)34)19-23-9-12-26(23)28(8-6-16-45-33)36-32(41)38(3)4/h6,8,10-11,13-14,17-18,23,26,28H,5,7,9,12,15-16,19-21H2,1-4H3,(H,36,41)(H,37,40)/b8-6-/t23-,26+,28-,34-/m0/s1. The molecule has 2 heterocycles. The van der Waals surface area contributed by atoms with Gasteiger partial charge in [0.15, 0.2) is 0 Å². The van der Waals surface area contributed by atoms with E-state index in [2.05, 4.69) is 27.1 Å². The second-order valence-corrected chi connectivity index (χ2v) is 15.9. The van der Waals surface area contributed by atoms with Crippen molar-refractivity contribution in [3.05, 3.63) is 64.7 Å². The Kier molecular flexibility index (Phi) is 8.80. The largest absolute Gasteiger partial charge is 0.490 e. The summed E-state index contributed by atoms with van der Waals surface area (Å²) in [5, 5.41) is 3.88. The summed E-state index contributed by atoms with van der Waals surface area (Å²) in [5.41, 5.74) is 1.35. The second-order valence-electron chi connectivity index (χ2n) is 13.8. The lowest BCUT2D eigenvalue weighted by Crippen LogP contribution is -2.53. The first-order chi connectivity index (χ1) is 21.8. The minimum Gasteiger partial charge on any atom is -0.490 e. The molecule has 6 rings (SSSR count). The van der Waals surface area contributed by atoms with Crippen LogP contribution in [-0.4, -0.2) is 77.3 Å². The SMILES string of the molecule is CN(C)C(=O)N[C@H]1/C=C\COC(C)(C)C(=O)NS(=O)(=O)c2ccc3c(c2)N(C[C@@H]2CC[C@H]21)C[C@@]1(CCCc2cc(Cl)ccc21)CO3. The number of sulfonamides is 1. The number of rotatable bonds is 1. The molecule has 0 unspecified atom stereocenters. The van der Waals surface area contributed by atoms with Crippen LogP contribution in [0.5, 0.6) is 5.75 Å². The Hall–Kier alpha value is -3.28. The Morgan fingerprint density at radius 2 is 1.96 bits per heavy atom. The van der Waals surface area contributed by atoms with Gasteiger partial charge in [-0.25, -0.2) is 17.9 Å². The third-order valence-corrected chi connectivity index (χ3v) is 11.6. The summed E-state index contributed by atoms with van der Waals surface area (Å²) in [6, 6.07) is 10.5. The van der Waals surface area contributed by atoms with Gasteiger partial charge in [0.2, 0.25) is 0 Å². The summed E-state index contributed by atoms with van der Waals surface area (Å²) >= 11 is 6.41. The van der Waals surface area contributed by atoms with E-state index in [-0.39, 0.29) is 40.8 Å². The van der Waals surface area contributed by atoms with Crippen LogP contribution in [0.25, 0.3) is 0 Å². The van der Waals surface area contributed by atoms with Crippen molar-refractivity contribution in [1.29, 1.82) is 0 Å². The molecule has 46 heavy (non-hydrogen) atoms. The molecule has 2 N–H and O–H groups in total. The van der Waals surface area contributed by atoms with Crippen LogP contribution in [0.4, 0.5) is 10.5 Å². The van der Waals surface area contributed by atoms with Gasteiger partial charge in [-0.2, -0.15) is 0 Å². The average Bonchev–Trinajstić information content (AvgIpc) is 3.13. The summed E-state index contributed by atoms with van der Waals surface area (Å²) in [4.78, 5) is 29.8. The lowest BCUT2D eigenvalue weighted by atomic mass is 9.68. The van der Waals surface area contributed by atoms with Gasteiger partial charge in [-0.15, -0.1) is 0 Å². The molecule has 1 spiro atoms. The molecular formula is C34H43ClN4O6S. The zero-order valence-corrected chi connectivity index (χ0v) is 28.4. The third-order valence-electron chi connectivity index (χ3n) is 10.1. The van der Waals surface area contributed by atoms with E-state index in [1.807, 2.05) is 12.1 Å². The van der Waals surface area contributed by atoms with Crippen molar-refractivity contribution >= 4 is 39.2 Å². The molecule has 12 heteroatoms. The maximum atomic E-state index is 13.6. The summed E-state index contributed by atoms with van der Waals surface area (Å²) in [6.45, 7) is 4.84. The molecule has 0 aromatic heterocycles. The lowest BCUT2D eigenvalue weighted by Gasteiger charge is -2.46. The van der Waals surface area contributed by atoms with Crippen molar-refractivity contribution < 1.29 is 27.5 Å². The smallest absolute Gasteiger partial charge is 0.317 e. The first-order valence-corrected chi connectivity index (χ1v) is 17.8. The van der Waals surface area contributed by atoms with Gasteiger partial charge in [-0.1, -0.05) is 29.8 Å². The summed E-state index contributed by atoms with van der Waals surface area (Å²) in [5.74, 6) is 0.196. The molecule has 1 fully saturated rings. The van der Waals surface area contributed by atoms with Gasteiger partial charge in [0.1, 0.15) is 11.4 Å². The van der Waals surface area contributed by atoms with Crippen LogP contribution in [0.15, 0.2) is 53.4 Å². The number of carbonyl (C=O) groups is 2. The van der Waals surface area contributed by atoms with E-state index in [1.54, 1.807) is 32.3 Å². The van der Waals surface area contributed by atoms with E-state index in [0.717, 1.165) is 32.1 Å². The number of carbonyl (C=O) groups excluding carboxylic acids is 2. The molecule has 2 aliphatic heterocycles. The first-order valence-electron chi connectivity index (χ1n) is 15.9. The zero-order chi connectivity index (χ0) is 32.9. The molecule has 1 saturated carbocycles. The van der Waals surface area contributed by atoms with Gasteiger partial charge in [-0.3, -0.25) is 4.79 Å². The minimum absolute atomic E-state index is 0.0240. The van der Waals surface area contributed by atoms with Gasteiger partial charge in [0.25, 0.3) is 15.9 Å². The van der Waals surface area contributed by atoms with Crippen molar-refractivity contribution in [3.63, 3.8) is 0 Å². The fraction of sp³-hybridized carbons (Fsp3) is 0.529. The summed E-state index contributed by atoms with van der Waals surface area (Å²) < 4.78 is 41.7. The molecule has 2 aromatic carbocycles. The maximum absolute atomic E-state index is 13.6. The van der Waals surface area contributed by atoms with Crippen LogP contribution in [0.3, 0.4) is 0 Å². The van der Waals surface area contributed by atoms with Crippen LogP contribution in [0.1, 0.15) is 50.7 Å². The highest BCUT2D eigenvalue weighted by Gasteiger charge is 2.45. The molecule has 3 amide bonds. The Morgan fingerprint density at radius 3 is 2.70 bits per heavy atom. The summed E-state index contributed by atoms with van der Waals surface area (Å²) in [6.07, 6.45) is 8.48. The van der Waals surface area contributed by atoms with E-state index in [4.69, 9.17) is 21.1 Å². The number of hydrogen-bond donors (Lipinski definition) is 2. The number of ether oxygens (including phenoxy) is 2. The van der Waals surface area contributed by atoms with Crippen molar-refractivity contribution in [2.75, 3.05) is 45.3 Å². The van der Waals surface area contributed by atoms with Crippen molar-refractivity contribution in [2.24, 2.45) is 11.8 Å². The van der Waals surface area contributed by atoms with E-state index in [9.17, 15) is 18.0 Å². The second kappa shape index (κ2) is 12.4. The molecule has 0 radical (unpaired) electrons. The van der Waals surface area contributed by atoms with E-state index < -0.39 is 21.5 Å². The average molecular weight is 671 g/mol. The van der Waals surface area contributed by atoms with Crippen LogP contribution >= 0.6 is 11.6 Å².